The molecule has 1 aromatic heterocycles. The van der Waals surface area contributed by atoms with Crippen LogP contribution in [-0.4, -0.2) is 42.4 Å². The van der Waals surface area contributed by atoms with Crippen molar-refractivity contribution in [3.05, 3.63) is 52.6 Å². The summed E-state index contributed by atoms with van der Waals surface area (Å²) in [5.74, 6) is -2.07. The van der Waals surface area contributed by atoms with Crippen LogP contribution < -0.4 is 16.8 Å². The third kappa shape index (κ3) is 3.96. The maximum absolute atomic E-state index is 14.6. The van der Waals surface area contributed by atoms with Gasteiger partial charge in [-0.05, 0) is 31.2 Å². The Morgan fingerprint density at radius 1 is 1.34 bits per heavy atom. The fourth-order valence-corrected chi connectivity index (χ4v) is 4.55. The van der Waals surface area contributed by atoms with Crippen LogP contribution in [0.3, 0.4) is 0 Å². The number of carbonyl (C=O) groups is 1. The van der Waals surface area contributed by atoms with Crippen LogP contribution >= 0.6 is 11.6 Å². The van der Waals surface area contributed by atoms with Crippen molar-refractivity contribution in [1.82, 2.24) is 9.29 Å². The van der Waals surface area contributed by atoms with Gasteiger partial charge in [0.25, 0.3) is 5.91 Å². The molecule has 1 atom stereocenters. The van der Waals surface area contributed by atoms with E-state index in [0.29, 0.717) is 0 Å². The summed E-state index contributed by atoms with van der Waals surface area (Å²) in [5.41, 5.74) is 10.2. The lowest BCUT2D eigenvalue weighted by atomic mass is 9.93. The molecular formula is C17H18ClFN6O3S. The number of anilines is 2. The van der Waals surface area contributed by atoms with Gasteiger partial charge in [0.15, 0.2) is 5.69 Å². The van der Waals surface area contributed by atoms with E-state index in [0.717, 1.165) is 10.4 Å². The lowest BCUT2D eigenvalue weighted by molar-refractivity contribution is 0.102. The second-order valence-electron chi connectivity index (χ2n) is 6.71. The average molecular weight is 441 g/mol. The Morgan fingerprint density at radius 3 is 2.66 bits per heavy atom. The molecule has 1 aliphatic heterocycles. The van der Waals surface area contributed by atoms with Crippen LogP contribution in [0, 0.1) is 5.82 Å². The Balaban J connectivity index is 1.98. The monoisotopic (exact) mass is 440 g/mol. The molecular weight excluding hydrogens is 423 g/mol. The van der Waals surface area contributed by atoms with Gasteiger partial charge in [-0.2, -0.15) is 0 Å². The number of nitrogen functional groups attached to an aromatic ring is 1. The number of nitrogens with two attached hydrogens (primary N) is 2. The molecule has 12 heteroatoms. The van der Waals surface area contributed by atoms with Crippen LogP contribution in [0.1, 0.15) is 23.0 Å². The SMILES string of the molecule is CN1C(N)=NC(C)(c2cc(NC(=O)c3ncc(Cl)cc3N)ccc2F)CS1(=O)=O. The van der Waals surface area contributed by atoms with E-state index in [1.807, 2.05) is 0 Å². The number of benzene rings is 1. The van der Waals surface area contributed by atoms with Crippen LogP contribution in [0.5, 0.6) is 0 Å². The first kappa shape index (κ1) is 20.8. The van der Waals surface area contributed by atoms with Gasteiger partial charge in [-0.25, -0.2) is 27.1 Å². The highest BCUT2D eigenvalue weighted by atomic mass is 35.5. The second kappa shape index (κ2) is 7.16. The summed E-state index contributed by atoms with van der Waals surface area (Å²) >= 11 is 5.78. The predicted molar refractivity (Wildman–Crippen MR) is 109 cm³/mol. The van der Waals surface area contributed by atoms with Crippen LogP contribution in [-0.2, 0) is 15.6 Å². The molecule has 2 aromatic rings. The molecule has 1 amide bonds. The highest BCUT2D eigenvalue weighted by Gasteiger charge is 2.41. The number of amides is 1. The topological polar surface area (TPSA) is 144 Å². The molecule has 5 N–H and O–H groups in total. The second-order valence-corrected chi connectivity index (χ2v) is 9.14. The first-order chi connectivity index (χ1) is 13.4. The van der Waals surface area contributed by atoms with E-state index >= 15 is 0 Å². The molecule has 2 heterocycles. The van der Waals surface area contributed by atoms with Crippen molar-refractivity contribution < 1.29 is 17.6 Å². The molecule has 0 radical (unpaired) electrons. The molecule has 0 saturated heterocycles. The molecule has 3 rings (SSSR count). The van der Waals surface area contributed by atoms with E-state index in [1.54, 1.807) is 0 Å². The fraction of sp³-hybridized carbons (Fsp3) is 0.235. The number of nitrogens with zero attached hydrogens (tertiary/aromatic N) is 3. The predicted octanol–water partition coefficient (Wildman–Crippen LogP) is 1.51. The van der Waals surface area contributed by atoms with Gasteiger partial charge in [0.2, 0.25) is 16.0 Å². The number of nitrogens with one attached hydrogen (secondary N) is 1. The zero-order chi connectivity index (χ0) is 21.6. The number of pyridine rings is 1. The van der Waals surface area contributed by atoms with Crippen LogP contribution in [0.4, 0.5) is 15.8 Å². The van der Waals surface area contributed by atoms with Crippen LogP contribution in [0.2, 0.25) is 5.02 Å². The van der Waals surface area contributed by atoms with Crippen molar-refractivity contribution in [1.29, 1.82) is 0 Å². The van der Waals surface area contributed by atoms with Gasteiger partial charge in [-0.15, -0.1) is 0 Å². The third-order valence-electron chi connectivity index (χ3n) is 4.47. The van der Waals surface area contributed by atoms with Crippen LogP contribution in [0.15, 0.2) is 35.5 Å². The summed E-state index contributed by atoms with van der Waals surface area (Å²) in [6, 6.07) is 5.10. The van der Waals surface area contributed by atoms with Gasteiger partial charge in [-0.1, -0.05) is 11.6 Å². The van der Waals surface area contributed by atoms with Gasteiger partial charge in [-0.3, -0.25) is 4.79 Å². The minimum Gasteiger partial charge on any atom is -0.397 e. The number of aliphatic imine (C=N–C) groups is 1. The summed E-state index contributed by atoms with van der Waals surface area (Å²) in [7, 11) is -2.52. The van der Waals surface area contributed by atoms with Crippen molar-refractivity contribution in [2.75, 3.05) is 23.9 Å². The minimum absolute atomic E-state index is 0.0352. The molecule has 0 saturated carbocycles. The van der Waals surface area contributed by atoms with Gasteiger partial charge < -0.3 is 16.8 Å². The highest BCUT2D eigenvalue weighted by molar-refractivity contribution is 7.89. The molecule has 1 aliphatic rings. The Hall–Kier alpha value is -2.92. The van der Waals surface area contributed by atoms with Gasteiger partial charge >= 0.3 is 0 Å². The molecule has 0 bridgehead atoms. The first-order valence-corrected chi connectivity index (χ1v) is 10.3. The Morgan fingerprint density at radius 2 is 2.03 bits per heavy atom. The van der Waals surface area contributed by atoms with E-state index in [-0.39, 0.29) is 33.6 Å². The molecule has 9 nitrogen and oxygen atoms in total. The normalized spacial score (nSPS) is 20.8. The summed E-state index contributed by atoms with van der Waals surface area (Å²) in [6.07, 6.45) is 1.27. The number of hydrogen-bond acceptors (Lipinski definition) is 7. The van der Waals surface area contributed by atoms with E-state index in [1.165, 1.54) is 38.4 Å². The summed E-state index contributed by atoms with van der Waals surface area (Å²) in [4.78, 5) is 20.5. The highest BCUT2D eigenvalue weighted by Crippen LogP contribution is 2.34. The Kier molecular flexibility index (Phi) is 5.13. The Bertz CT molecular complexity index is 1140. The van der Waals surface area contributed by atoms with E-state index in [9.17, 15) is 17.6 Å². The molecule has 29 heavy (non-hydrogen) atoms. The number of sulfonamides is 1. The molecule has 0 spiro atoms. The summed E-state index contributed by atoms with van der Waals surface area (Å²) in [5, 5.41) is 2.83. The number of guanidine groups is 1. The maximum Gasteiger partial charge on any atom is 0.276 e. The lowest BCUT2D eigenvalue weighted by Crippen LogP contribution is -2.50. The number of carbonyl (C=O) groups excluding carboxylic acids is 1. The average Bonchev–Trinajstić information content (AvgIpc) is 2.60. The van der Waals surface area contributed by atoms with Crippen LogP contribution in [0.25, 0.3) is 0 Å². The van der Waals surface area contributed by atoms with Gasteiger partial charge in [0.05, 0.1) is 16.5 Å². The molecule has 154 valence electrons. The summed E-state index contributed by atoms with van der Waals surface area (Å²) < 4.78 is 40.1. The largest absolute Gasteiger partial charge is 0.397 e. The van der Waals surface area contributed by atoms with Gasteiger partial charge in [0.1, 0.15) is 11.4 Å². The molecule has 0 fully saturated rings. The van der Waals surface area contributed by atoms with E-state index < -0.39 is 33.0 Å². The third-order valence-corrected chi connectivity index (χ3v) is 6.62. The van der Waals surface area contributed by atoms with Gasteiger partial charge in [0, 0.05) is 24.5 Å². The van der Waals surface area contributed by atoms with Crippen molar-refractivity contribution in [2.45, 2.75) is 12.5 Å². The smallest absolute Gasteiger partial charge is 0.276 e. The van der Waals surface area contributed by atoms with E-state index in [2.05, 4.69) is 15.3 Å². The zero-order valence-electron chi connectivity index (χ0n) is 15.5. The maximum atomic E-state index is 14.6. The quantitative estimate of drug-likeness (QED) is 0.659. The summed E-state index contributed by atoms with van der Waals surface area (Å²) in [6.45, 7) is 1.45. The number of hydrogen-bond donors (Lipinski definition) is 3. The standard InChI is InChI=1S/C17H18ClFN6O3S/c1-17(8-29(27,28)25(2)16(21)24-17)11-6-10(3-4-12(11)19)23-15(26)14-13(20)5-9(18)7-22-14/h3-7H,8,20H2,1-2H3,(H2,21,24)(H,23,26). The number of halogens is 2. The molecule has 1 unspecified atom stereocenters. The Labute approximate surface area is 171 Å². The molecule has 0 aliphatic carbocycles. The van der Waals surface area contributed by atoms with E-state index in [4.69, 9.17) is 23.1 Å². The minimum atomic E-state index is -3.79. The van der Waals surface area contributed by atoms with Crippen molar-refractivity contribution >= 4 is 44.9 Å². The molecule has 1 aromatic carbocycles. The lowest BCUT2D eigenvalue weighted by Gasteiger charge is -2.34. The number of rotatable bonds is 3. The van der Waals surface area contributed by atoms with Crippen molar-refractivity contribution in [3.8, 4) is 0 Å². The first-order valence-electron chi connectivity index (χ1n) is 8.27. The zero-order valence-corrected chi connectivity index (χ0v) is 17.1. The van der Waals surface area contributed by atoms with Crippen molar-refractivity contribution in [3.63, 3.8) is 0 Å². The van der Waals surface area contributed by atoms with Crippen molar-refractivity contribution in [2.24, 2.45) is 10.7 Å². The number of aromatic nitrogens is 1. The fourth-order valence-electron chi connectivity index (χ4n) is 2.94.